The van der Waals surface area contributed by atoms with E-state index in [2.05, 4.69) is 32.4 Å². The van der Waals surface area contributed by atoms with E-state index in [1.807, 2.05) is 30.4 Å². The van der Waals surface area contributed by atoms with E-state index < -0.39 is 0 Å². The number of amides is 1. The van der Waals surface area contributed by atoms with E-state index in [9.17, 15) is 4.79 Å². The van der Waals surface area contributed by atoms with Crippen molar-refractivity contribution in [2.45, 2.75) is 45.7 Å². The normalized spacial score (nSPS) is 19.9. The standard InChI is InChI=1S/C21H38N8O2.HI/c1-5-31-15-7-9-22-21(23-16-19-25-24-17(2)27(19)4)29-13-11-28(12-14-29)20(30)18-8-6-10-26(18)3;/h18H,5-16H2,1-4H3,(H,22,23);1H. The Hall–Kier alpha value is -1.47. The van der Waals surface area contributed by atoms with Gasteiger partial charge in [-0.3, -0.25) is 9.69 Å². The average molecular weight is 563 g/mol. The van der Waals surface area contributed by atoms with Gasteiger partial charge in [0.25, 0.3) is 0 Å². The number of piperazine rings is 1. The Morgan fingerprint density at radius 3 is 2.47 bits per heavy atom. The predicted octanol–water partition coefficient (Wildman–Crippen LogP) is 0.852. The summed E-state index contributed by atoms with van der Waals surface area (Å²) in [7, 11) is 4.01. The number of likely N-dealkylation sites (tertiary alicyclic amines) is 1. The number of aliphatic imine (C=N–C) groups is 1. The molecule has 1 N–H and O–H groups in total. The summed E-state index contributed by atoms with van der Waals surface area (Å²) in [4.78, 5) is 24.2. The molecule has 182 valence electrons. The molecule has 0 spiro atoms. The van der Waals surface area contributed by atoms with Gasteiger partial charge in [0.2, 0.25) is 5.91 Å². The number of carbonyl (C=O) groups is 1. The lowest BCUT2D eigenvalue weighted by Crippen LogP contribution is -2.56. The first-order chi connectivity index (χ1) is 15.0. The molecule has 11 heteroatoms. The van der Waals surface area contributed by atoms with Crippen LogP contribution in [0.25, 0.3) is 0 Å². The monoisotopic (exact) mass is 562 g/mol. The highest BCUT2D eigenvalue weighted by atomic mass is 127. The maximum absolute atomic E-state index is 12.9. The molecule has 1 amide bonds. The number of hydrogen-bond acceptors (Lipinski definition) is 6. The first kappa shape index (κ1) is 26.8. The number of carbonyl (C=O) groups excluding carboxylic acids is 1. The van der Waals surface area contributed by atoms with E-state index in [1.54, 1.807) is 0 Å². The van der Waals surface area contributed by atoms with Gasteiger partial charge in [0.1, 0.15) is 12.4 Å². The summed E-state index contributed by atoms with van der Waals surface area (Å²) in [6.07, 6.45) is 3.00. The molecule has 1 atom stereocenters. The second-order valence-corrected chi connectivity index (χ2v) is 8.29. The molecular formula is C21H39IN8O2. The highest BCUT2D eigenvalue weighted by Crippen LogP contribution is 2.18. The number of rotatable bonds is 8. The maximum atomic E-state index is 12.9. The van der Waals surface area contributed by atoms with E-state index in [4.69, 9.17) is 9.73 Å². The first-order valence-electron chi connectivity index (χ1n) is 11.5. The number of guanidine groups is 1. The summed E-state index contributed by atoms with van der Waals surface area (Å²) in [6.45, 7) is 10.7. The Labute approximate surface area is 208 Å². The second kappa shape index (κ2) is 13.3. The van der Waals surface area contributed by atoms with Crippen molar-refractivity contribution in [3.8, 4) is 0 Å². The molecule has 3 rings (SSSR count). The van der Waals surface area contributed by atoms with Crippen LogP contribution in [0.3, 0.4) is 0 Å². The highest BCUT2D eigenvalue weighted by Gasteiger charge is 2.33. The van der Waals surface area contributed by atoms with Crippen molar-refractivity contribution >= 4 is 35.8 Å². The van der Waals surface area contributed by atoms with Gasteiger partial charge in [-0.2, -0.15) is 0 Å². The molecule has 2 saturated heterocycles. The molecule has 0 bridgehead atoms. The average Bonchev–Trinajstić information content (AvgIpc) is 3.35. The van der Waals surface area contributed by atoms with Crippen LogP contribution in [0.15, 0.2) is 4.99 Å². The number of ether oxygens (including phenoxy) is 1. The zero-order valence-corrected chi connectivity index (χ0v) is 22.2. The lowest BCUT2D eigenvalue weighted by molar-refractivity contribution is -0.136. The summed E-state index contributed by atoms with van der Waals surface area (Å²) < 4.78 is 7.41. The van der Waals surface area contributed by atoms with Gasteiger partial charge in [0, 0.05) is 53.0 Å². The van der Waals surface area contributed by atoms with Gasteiger partial charge in [-0.05, 0) is 46.7 Å². The SMILES string of the molecule is CCOCCCNC(=NCc1nnc(C)n1C)N1CCN(C(=O)C2CCCN2C)CC1.I. The summed E-state index contributed by atoms with van der Waals surface area (Å²) in [5.74, 6) is 2.85. The van der Waals surface area contributed by atoms with Crippen LogP contribution in [0, 0.1) is 6.92 Å². The summed E-state index contributed by atoms with van der Waals surface area (Å²) >= 11 is 0. The molecule has 0 aromatic carbocycles. The van der Waals surface area contributed by atoms with Crippen LogP contribution in [0.4, 0.5) is 0 Å². The van der Waals surface area contributed by atoms with Crippen molar-refractivity contribution in [1.29, 1.82) is 0 Å². The van der Waals surface area contributed by atoms with Gasteiger partial charge in [-0.15, -0.1) is 34.2 Å². The lowest BCUT2D eigenvalue weighted by atomic mass is 10.1. The van der Waals surface area contributed by atoms with Crippen LogP contribution in [0.5, 0.6) is 0 Å². The van der Waals surface area contributed by atoms with E-state index in [-0.39, 0.29) is 35.9 Å². The minimum absolute atomic E-state index is 0. The molecule has 10 nitrogen and oxygen atoms in total. The van der Waals surface area contributed by atoms with Crippen molar-refractivity contribution in [2.24, 2.45) is 12.0 Å². The van der Waals surface area contributed by atoms with E-state index in [1.165, 1.54) is 0 Å². The van der Waals surface area contributed by atoms with Crippen molar-refractivity contribution in [3.05, 3.63) is 11.6 Å². The second-order valence-electron chi connectivity index (χ2n) is 8.29. The third-order valence-electron chi connectivity index (χ3n) is 6.20. The highest BCUT2D eigenvalue weighted by molar-refractivity contribution is 14.0. The van der Waals surface area contributed by atoms with Crippen LogP contribution in [0.2, 0.25) is 0 Å². The van der Waals surface area contributed by atoms with Gasteiger partial charge in [-0.25, -0.2) is 4.99 Å². The lowest BCUT2D eigenvalue weighted by Gasteiger charge is -2.38. The minimum Gasteiger partial charge on any atom is -0.382 e. The van der Waals surface area contributed by atoms with Gasteiger partial charge >= 0.3 is 0 Å². The van der Waals surface area contributed by atoms with Gasteiger partial charge in [0.05, 0.1) is 6.04 Å². The zero-order valence-electron chi connectivity index (χ0n) is 19.9. The summed E-state index contributed by atoms with van der Waals surface area (Å²) in [6, 6.07) is 0.0514. The van der Waals surface area contributed by atoms with Gasteiger partial charge < -0.3 is 24.4 Å². The molecule has 2 aliphatic rings. The molecule has 0 radical (unpaired) electrons. The third kappa shape index (κ3) is 7.01. The van der Waals surface area contributed by atoms with Gasteiger partial charge in [-0.1, -0.05) is 0 Å². The Balaban J connectivity index is 0.00000363. The van der Waals surface area contributed by atoms with Crippen LogP contribution < -0.4 is 5.32 Å². The number of halogens is 1. The smallest absolute Gasteiger partial charge is 0.240 e. The number of aryl methyl sites for hydroxylation is 1. The molecule has 1 unspecified atom stereocenters. The molecular weight excluding hydrogens is 523 g/mol. The fraction of sp³-hybridized carbons (Fsp3) is 0.810. The zero-order chi connectivity index (χ0) is 22.2. The first-order valence-corrected chi connectivity index (χ1v) is 11.5. The molecule has 0 aliphatic carbocycles. The molecule has 1 aromatic heterocycles. The molecule has 3 heterocycles. The van der Waals surface area contributed by atoms with Crippen molar-refractivity contribution in [1.82, 2.24) is 34.8 Å². The van der Waals surface area contributed by atoms with Crippen LogP contribution in [-0.2, 0) is 23.1 Å². The third-order valence-corrected chi connectivity index (χ3v) is 6.20. The molecule has 2 fully saturated rings. The largest absolute Gasteiger partial charge is 0.382 e. The number of hydrogen-bond donors (Lipinski definition) is 1. The quantitative estimate of drug-likeness (QED) is 0.218. The predicted molar refractivity (Wildman–Crippen MR) is 135 cm³/mol. The van der Waals surface area contributed by atoms with Crippen molar-refractivity contribution in [3.63, 3.8) is 0 Å². The molecule has 2 aliphatic heterocycles. The Bertz CT molecular complexity index is 748. The van der Waals surface area contributed by atoms with Crippen LogP contribution in [-0.4, -0.2) is 107 Å². The van der Waals surface area contributed by atoms with E-state index in [0.29, 0.717) is 6.54 Å². The topological polar surface area (TPSA) is 91.1 Å². The summed E-state index contributed by atoms with van der Waals surface area (Å²) in [5.41, 5.74) is 0. The number of nitrogens with one attached hydrogen (secondary N) is 1. The Morgan fingerprint density at radius 2 is 1.88 bits per heavy atom. The summed E-state index contributed by atoms with van der Waals surface area (Å²) in [5, 5.41) is 11.8. The Morgan fingerprint density at radius 1 is 1.16 bits per heavy atom. The van der Waals surface area contributed by atoms with E-state index >= 15 is 0 Å². The Kier molecular flexibility index (Phi) is 11.1. The fourth-order valence-electron chi connectivity index (χ4n) is 4.09. The van der Waals surface area contributed by atoms with Gasteiger partial charge in [0.15, 0.2) is 11.8 Å². The molecule has 1 aromatic rings. The van der Waals surface area contributed by atoms with Crippen LogP contribution in [0.1, 0.15) is 37.8 Å². The fourth-order valence-corrected chi connectivity index (χ4v) is 4.09. The number of aromatic nitrogens is 3. The number of nitrogens with zero attached hydrogens (tertiary/aromatic N) is 7. The number of likely N-dealkylation sites (N-methyl/N-ethyl adjacent to an activating group) is 1. The van der Waals surface area contributed by atoms with E-state index in [0.717, 1.165) is 89.4 Å². The molecule has 32 heavy (non-hydrogen) atoms. The maximum Gasteiger partial charge on any atom is 0.240 e. The molecule has 0 saturated carbocycles. The van der Waals surface area contributed by atoms with Crippen LogP contribution >= 0.6 is 24.0 Å². The van der Waals surface area contributed by atoms with Crippen molar-refractivity contribution < 1.29 is 9.53 Å². The minimum atomic E-state index is 0. The van der Waals surface area contributed by atoms with Crippen molar-refractivity contribution in [2.75, 3.05) is 59.5 Å².